The van der Waals surface area contributed by atoms with Crippen LogP contribution in [0.1, 0.15) is 32.3 Å². The first-order chi connectivity index (χ1) is 8.97. The highest BCUT2D eigenvalue weighted by molar-refractivity contribution is 6.30. The summed E-state index contributed by atoms with van der Waals surface area (Å²) in [5.41, 5.74) is 1.09. The molecule has 1 heterocycles. The molecular weight excluding hydrogens is 258 g/mol. The molecule has 0 unspecified atom stereocenters. The van der Waals surface area contributed by atoms with Crippen molar-refractivity contribution in [2.45, 2.75) is 26.7 Å². The first-order valence-electron chi connectivity index (χ1n) is 6.99. The van der Waals surface area contributed by atoms with Crippen LogP contribution in [0.2, 0.25) is 5.02 Å². The minimum atomic E-state index is -0.0234. The van der Waals surface area contributed by atoms with Crippen LogP contribution in [0.15, 0.2) is 24.3 Å². The number of halogens is 1. The molecule has 1 aromatic rings. The Balaban J connectivity index is 2.13. The number of benzene rings is 1. The molecule has 3 heteroatoms. The van der Waals surface area contributed by atoms with Gasteiger partial charge in [0.1, 0.15) is 5.78 Å². The Morgan fingerprint density at radius 3 is 2.37 bits per heavy atom. The standard InChI is InChI=1S/C16H22ClNO/c1-11(2)16(19)15(10-18-8-12(3)9-18)13-4-6-14(17)7-5-13/h4-7,11-12,15H,8-10H2,1-3H3/t15-/m0/s1. The largest absolute Gasteiger partial charge is 0.302 e. The fourth-order valence-electron chi connectivity index (χ4n) is 2.69. The Bertz CT molecular complexity index is 435. The highest BCUT2D eigenvalue weighted by Gasteiger charge is 2.30. The highest BCUT2D eigenvalue weighted by atomic mass is 35.5. The molecule has 0 amide bonds. The predicted molar refractivity (Wildman–Crippen MR) is 79.6 cm³/mol. The van der Waals surface area contributed by atoms with E-state index in [9.17, 15) is 4.79 Å². The first kappa shape index (κ1) is 14.5. The van der Waals surface area contributed by atoms with Gasteiger partial charge in [-0.25, -0.2) is 0 Å². The summed E-state index contributed by atoms with van der Waals surface area (Å²) >= 11 is 5.93. The second kappa shape index (κ2) is 6.06. The van der Waals surface area contributed by atoms with Gasteiger partial charge in [-0.15, -0.1) is 0 Å². The average molecular weight is 280 g/mol. The number of carbonyl (C=O) groups is 1. The molecule has 1 atom stereocenters. The molecule has 1 fully saturated rings. The van der Waals surface area contributed by atoms with E-state index in [1.54, 1.807) is 0 Å². The van der Waals surface area contributed by atoms with Gasteiger partial charge in [0, 0.05) is 30.6 Å². The van der Waals surface area contributed by atoms with Crippen molar-refractivity contribution in [3.63, 3.8) is 0 Å². The smallest absolute Gasteiger partial charge is 0.144 e. The number of Topliss-reactive ketones (excluding diaryl/α,β-unsaturated/α-hetero) is 1. The van der Waals surface area contributed by atoms with Crippen LogP contribution in [0.4, 0.5) is 0 Å². The molecule has 0 aromatic heterocycles. The molecule has 2 rings (SSSR count). The molecule has 1 aliphatic rings. The summed E-state index contributed by atoms with van der Waals surface area (Å²) in [6, 6.07) is 7.71. The molecule has 0 N–H and O–H groups in total. The number of nitrogens with zero attached hydrogens (tertiary/aromatic N) is 1. The van der Waals surface area contributed by atoms with Crippen LogP contribution < -0.4 is 0 Å². The van der Waals surface area contributed by atoms with Gasteiger partial charge < -0.3 is 4.90 Å². The first-order valence-corrected chi connectivity index (χ1v) is 7.36. The van der Waals surface area contributed by atoms with Crippen molar-refractivity contribution in [3.8, 4) is 0 Å². The van der Waals surface area contributed by atoms with E-state index >= 15 is 0 Å². The molecule has 1 aromatic carbocycles. The van der Waals surface area contributed by atoms with Gasteiger partial charge >= 0.3 is 0 Å². The normalized spacial score (nSPS) is 18.4. The zero-order valence-electron chi connectivity index (χ0n) is 11.9. The summed E-state index contributed by atoms with van der Waals surface area (Å²) < 4.78 is 0. The van der Waals surface area contributed by atoms with Crippen LogP contribution >= 0.6 is 11.6 Å². The third-order valence-electron chi connectivity index (χ3n) is 3.77. The summed E-state index contributed by atoms with van der Waals surface area (Å²) in [7, 11) is 0. The van der Waals surface area contributed by atoms with Crippen molar-refractivity contribution in [2.24, 2.45) is 11.8 Å². The molecule has 104 valence electrons. The van der Waals surface area contributed by atoms with E-state index in [-0.39, 0.29) is 11.8 Å². The van der Waals surface area contributed by atoms with Crippen LogP contribution in [-0.4, -0.2) is 30.3 Å². The molecule has 19 heavy (non-hydrogen) atoms. The number of likely N-dealkylation sites (tertiary alicyclic amines) is 1. The highest BCUT2D eigenvalue weighted by Crippen LogP contribution is 2.26. The zero-order valence-corrected chi connectivity index (χ0v) is 12.7. The van der Waals surface area contributed by atoms with Crippen molar-refractivity contribution < 1.29 is 4.79 Å². The zero-order chi connectivity index (χ0) is 14.0. The topological polar surface area (TPSA) is 20.3 Å². The van der Waals surface area contributed by atoms with Crippen molar-refractivity contribution in [1.29, 1.82) is 0 Å². The van der Waals surface area contributed by atoms with Crippen LogP contribution in [0.3, 0.4) is 0 Å². The maximum atomic E-state index is 12.4. The lowest BCUT2D eigenvalue weighted by atomic mass is 9.87. The SMILES string of the molecule is CC1CN(C[C@H](C(=O)C(C)C)c2ccc(Cl)cc2)C1. The predicted octanol–water partition coefficient (Wildman–Crippen LogP) is 3.60. The van der Waals surface area contributed by atoms with Crippen molar-refractivity contribution >= 4 is 17.4 Å². The summed E-state index contributed by atoms with van der Waals surface area (Å²) in [5, 5.41) is 0.720. The monoisotopic (exact) mass is 279 g/mol. The van der Waals surface area contributed by atoms with E-state index in [0.717, 1.165) is 36.1 Å². The Hall–Kier alpha value is -0.860. The molecule has 2 nitrogen and oxygen atoms in total. The quantitative estimate of drug-likeness (QED) is 0.821. The minimum absolute atomic E-state index is 0.0234. The maximum absolute atomic E-state index is 12.4. The summed E-state index contributed by atoms with van der Waals surface area (Å²) in [6.07, 6.45) is 0. The summed E-state index contributed by atoms with van der Waals surface area (Å²) in [5.74, 6) is 1.13. The number of carbonyl (C=O) groups excluding carboxylic acids is 1. The number of ketones is 1. The molecular formula is C16H22ClNO. The molecule has 1 aliphatic heterocycles. The van der Waals surface area contributed by atoms with Gasteiger partial charge in [0.05, 0.1) is 5.92 Å². The van der Waals surface area contributed by atoms with Gasteiger partial charge in [0.25, 0.3) is 0 Å². The van der Waals surface area contributed by atoms with E-state index in [4.69, 9.17) is 11.6 Å². The fraction of sp³-hybridized carbons (Fsp3) is 0.562. The van der Waals surface area contributed by atoms with Gasteiger partial charge in [-0.3, -0.25) is 4.79 Å². The Morgan fingerprint density at radius 1 is 1.32 bits per heavy atom. The van der Waals surface area contributed by atoms with Crippen LogP contribution in [0, 0.1) is 11.8 Å². The van der Waals surface area contributed by atoms with Gasteiger partial charge in [-0.2, -0.15) is 0 Å². The van der Waals surface area contributed by atoms with Crippen molar-refractivity contribution in [2.75, 3.05) is 19.6 Å². The molecule has 0 saturated carbocycles. The van der Waals surface area contributed by atoms with Gasteiger partial charge in [0.15, 0.2) is 0 Å². The third kappa shape index (κ3) is 3.58. The van der Waals surface area contributed by atoms with Crippen LogP contribution in [0.5, 0.6) is 0 Å². The van der Waals surface area contributed by atoms with Crippen LogP contribution in [-0.2, 0) is 4.79 Å². The Morgan fingerprint density at radius 2 is 1.89 bits per heavy atom. The molecule has 1 saturated heterocycles. The number of hydrogen-bond acceptors (Lipinski definition) is 2. The van der Waals surface area contributed by atoms with E-state index in [2.05, 4.69) is 11.8 Å². The van der Waals surface area contributed by atoms with Gasteiger partial charge in [-0.05, 0) is 23.6 Å². The van der Waals surface area contributed by atoms with Gasteiger partial charge in [0.2, 0.25) is 0 Å². The van der Waals surface area contributed by atoms with E-state index in [1.807, 2.05) is 38.1 Å². The van der Waals surface area contributed by atoms with Crippen LogP contribution in [0.25, 0.3) is 0 Å². The van der Waals surface area contributed by atoms with Crippen molar-refractivity contribution in [3.05, 3.63) is 34.9 Å². The lowest BCUT2D eigenvalue weighted by molar-refractivity contribution is -0.124. The minimum Gasteiger partial charge on any atom is -0.302 e. The third-order valence-corrected chi connectivity index (χ3v) is 4.02. The van der Waals surface area contributed by atoms with E-state index in [1.165, 1.54) is 0 Å². The van der Waals surface area contributed by atoms with E-state index in [0.29, 0.717) is 5.78 Å². The van der Waals surface area contributed by atoms with Gasteiger partial charge in [-0.1, -0.05) is 44.5 Å². The van der Waals surface area contributed by atoms with Crippen molar-refractivity contribution in [1.82, 2.24) is 4.90 Å². The maximum Gasteiger partial charge on any atom is 0.144 e. The fourth-order valence-corrected chi connectivity index (χ4v) is 2.82. The summed E-state index contributed by atoms with van der Waals surface area (Å²) in [4.78, 5) is 14.8. The lowest BCUT2D eigenvalue weighted by Gasteiger charge is -2.39. The lowest BCUT2D eigenvalue weighted by Crippen LogP contribution is -2.48. The Labute approximate surface area is 120 Å². The molecule has 0 radical (unpaired) electrons. The second-order valence-corrected chi connectivity index (χ2v) is 6.42. The number of hydrogen-bond donors (Lipinski definition) is 0. The summed E-state index contributed by atoms with van der Waals surface area (Å²) in [6.45, 7) is 9.25. The van der Waals surface area contributed by atoms with E-state index < -0.39 is 0 Å². The number of rotatable bonds is 5. The molecule has 0 bridgehead atoms. The molecule has 0 spiro atoms. The Kier molecular flexibility index (Phi) is 4.64. The molecule has 0 aliphatic carbocycles. The second-order valence-electron chi connectivity index (χ2n) is 5.98. The average Bonchev–Trinajstić information content (AvgIpc) is 2.33.